The summed E-state index contributed by atoms with van der Waals surface area (Å²) >= 11 is 5.47. The van der Waals surface area contributed by atoms with Crippen molar-refractivity contribution in [1.82, 2.24) is 30.2 Å². The third-order valence-corrected chi connectivity index (χ3v) is 5.05. The Bertz CT molecular complexity index is 1100. The van der Waals surface area contributed by atoms with Crippen LogP contribution in [-0.4, -0.2) is 24.7 Å². The Kier molecular flexibility index (Phi) is 6.20. The summed E-state index contributed by atoms with van der Waals surface area (Å²) in [5, 5.41) is 16.3. The Balaban J connectivity index is 1.47. The zero-order valence-corrected chi connectivity index (χ0v) is 17.6. The van der Waals surface area contributed by atoms with Crippen LogP contribution in [0.1, 0.15) is 18.1 Å². The minimum absolute atomic E-state index is 0.580. The molecule has 30 heavy (non-hydrogen) atoms. The van der Waals surface area contributed by atoms with Gasteiger partial charge in [-0.2, -0.15) is 10.2 Å². The number of aromatic nitrogens is 4. The average molecular weight is 417 g/mol. The van der Waals surface area contributed by atoms with Crippen LogP contribution in [0.4, 0.5) is 0 Å². The predicted octanol–water partition coefficient (Wildman–Crippen LogP) is 3.92. The maximum atomic E-state index is 5.47. The molecule has 0 aliphatic rings. The summed E-state index contributed by atoms with van der Waals surface area (Å²) in [6.07, 6.45) is 5.93. The van der Waals surface area contributed by atoms with Crippen molar-refractivity contribution in [3.05, 3.63) is 90.4 Å². The van der Waals surface area contributed by atoms with Gasteiger partial charge in [-0.15, -0.1) is 0 Å². The molecule has 0 fully saturated rings. The van der Waals surface area contributed by atoms with Crippen LogP contribution < -0.4 is 10.6 Å². The van der Waals surface area contributed by atoms with Crippen LogP contribution in [0.3, 0.4) is 0 Å². The molecule has 0 aliphatic carbocycles. The Morgan fingerprint density at radius 1 is 0.933 bits per heavy atom. The van der Waals surface area contributed by atoms with Crippen LogP contribution >= 0.6 is 12.2 Å². The van der Waals surface area contributed by atoms with E-state index < -0.39 is 0 Å². The summed E-state index contributed by atoms with van der Waals surface area (Å²) in [5.41, 5.74) is 5.22. The molecular formula is C23H24N6S. The predicted molar refractivity (Wildman–Crippen MR) is 123 cm³/mol. The summed E-state index contributed by atoms with van der Waals surface area (Å²) in [5.74, 6) is 0. The smallest absolute Gasteiger partial charge is 0.166 e. The summed E-state index contributed by atoms with van der Waals surface area (Å²) < 4.78 is 3.81. The van der Waals surface area contributed by atoms with E-state index in [0.29, 0.717) is 18.2 Å². The van der Waals surface area contributed by atoms with Crippen molar-refractivity contribution >= 4 is 17.3 Å². The zero-order valence-electron chi connectivity index (χ0n) is 16.8. The quantitative estimate of drug-likeness (QED) is 0.447. The van der Waals surface area contributed by atoms with E-state index in [1.807, 2.05) is 70.3 Å². The second-order valence-electron chi connectivity index (χ2n) is 6.89. The summed E-state index contributed by atoms with van der Waals surface area (Å²) in [4.78, 5) is 0. The summed E-state index contributed by atoms with van der Waals surface area (Å²) in [7, 11) is 0. The molecule has 0 aliphatic heterocycles. The van der Waals surface area contributed by atoms with Crippen molar-refractivity contribution in [2.24, 2.45) is 0 Å². The molecule has 152 valence electrons. The van der Waals surface area contributed by atoms with Crippen molar-refractivity contribution in [2.45, 2.75) is 26.6 Å². The molecule has 0 bridgehead atoms. The first-order valence-electron chi connectivity index (χ1n) is 9.95. The van der Waals surface area contributed by atoms with Crippen LogP contribution in [0.2, 0.25) is 0 Å². The van der Waals surface area contributed by atoms with E-state index in [2.05, 4.69) is 41.0 Å². The van der Waals surface area contributed by atoms with Gasteiger partial charge in [-0.05, 0) is 31.3 Å². The molecule has 6 nitrogen and oxygen atoms in total. The fourth-order valence-electron chi connectivity index (χ4n) is 3.18. The first-order valence-corrected chi connectivity index (χ1v) is 10.4. The molecule has 0 radical (unpaired) electrons. The van der Waals surface area contributed by atoms with Gasteiger partial charge in [-0.1, -0.05) is 48.5 Å². The van der Waals surface area contributed by atoms with Crippen molar-refractivity contribution in [1.29, 1.82) is 0 Å². The van der Waals surface area contributed by atoms with Gasteiger partial charge in [0.05, 0.1) is 17.6 Å². The molecule has 2 aromatic heterocycles. The van der Waals surface area contributed by atoms with E-state index >= 15 is 0 Å². The third-order valence-electron chi connectivity index (χ3n) is 4.76. The normalized spacial score (nSPS) is 10.7. The lowest BCUT2D eigenvalue weighted by atomic mass is 10.1. The van der Waals surface area contributed by atoms with Crippen LogP contribution in [0.25, 0.3) is 16.9 Å². The number of para-hydroxylation sites is 1. The first-order chi connectivity index (χ1) is 14.7. The molecule has 0 atom stereocenters. The number of thiocarbonyl (C=S) groups is 1. The highest BCUT2D eigenvalue weighted by Crippen LogP contribution is 2.23. The Morgan fingerprint density at radius 2 is 1.63 bits per heavy atom. The standard InChI is InChI=1S/C23H24N6S/c1-2-28-16-18(14-26-28)13-24-23(30)25-15-20-17-29(21-11-7-4-8-12-21)27-22(20)19-9-5-3-6-10-19/h3-12,14,16-17H,2,13,15H2,1H3,(H2,24,25,30). The van der Waals surface area contributed by atoms with Crippen LogP contribution in [0, 0.1) is 0 Å². The largest absolute Gasteiger partial charge is 0.359 e. The van der Waals surface area contributed by atoms with Gasteiger partial charge in [0.2, 0.25) is 0 Å². The maximum absolute atomic E-state index is 5.47. The van der Waals surface area contributed by atoms with Gasteiger partial charge in [0, 0.05) is 48.7 Å². The molecule has 0 saturated carbocycles. The second kappa shape index (κ2) is 9.37. The van der Waals surface area contributed by atoms with Gasteiger partial charge < -0.3 is 10.6 Å². The van der Waals surface area contributed by atoms with Crippen LogP contribution in [-0.2, 0) is 19.6 Å². The molecule has 0 unspecified atom stereocenters. The molecule has 2 aromatic carbocycles. The van der Waals surface area contributed by atoms with Crippen LogP contribution in [0.15, 0.2) is 79.3 Å². The molecular weight excluding hydrogens is 392 g/mol. The van der Waals surface area contributed by atoms with Gasteiger partial charge in [-0.3, -0.25) is 4.68 Å². The number of aryl methyl sites for hydroxylation is 1. The molecule has 4 aromatic rings. The SMILES string of the molecule is CCn1cc(CNC(=S)NCc2cn(-c3ccccc3)nc2-c2ccccc2)cn1. The number of nitrogens with zero attached hydrogens (tertiary/aromatic N) is 4. The average Bonchev–Trinajstić information content (AvgIpc) is 3.44. The molecule has 4 rings (SSSR count). The number of hydrogen-bond acceptors (Lipinski definition) is 3. The number of nitrogens with one attached hydrogen (secondary N) is 2. The molecule has 0 saturated heterocycles. The highest BCUT2D eigenvalue weighted by atomic mass is 32.1. The van der Waals surface area contributed by atoms with E-state index in [0.717, 1.165) is 34.6 Å². The minimum Gasteiger partial charge on any atom is -0.359 e. The lowest BCUT2D eigenvalue weighted by Crippen LogP contribution is -2.34. The topological polar surface area (TPSA) is 59.7 Å². The monoisotopic (exact) mass is 416 g/mol. The number of benzene rings is 2. The maximum Gasteiger partial charge on any atom is 0.166 e. The van der Waals surface area contributed by atoms with Crippen molar-refractivity contribution in [2.75, 3.05) is 0 Å². The fraction of sp³-hybridized carbons (Fsp3) is 0.174. The second-order valence-corrected chi connectivity index (χ2v) is 7.30. The molecule has 0 spiro atoms. The van der Waals surface area contributed by atoms with Gasteiger partial charge in [0.15, 0.2) is 5.11 Å². The highest BCUT2D eigenvalue weighted by Gasteiger charge is 2.12. The number of rotatable bonds is 7. The van der Waals surface area contributed by atoms with E-state index in [1.54, 1.807) is 0 Å². The van der Waals surface area contributed by atoms with E-state index in [9.17, 15) is 0 Å². The lowest BCUT2D eigenvalue weighted by Gasteiger charge is -2.09. The first kappa shape index (κ1) is 19.8. The van der Waals surface area contributed by atoms with Crippen molar-refractivity contribution < 1.29 is 0 Å². The highest BCUT2D eigenvalue weighted by molar-refractivity contribution is 7.80. The third kappa shape index (κ3) is 4.75. The van der Waals surface area contributed by atoms with E-state index in [-0.39, 0.29) is 0 Å². The molecule has 2 heterocycles. The van der Waals surface area contributed by atoms with Crippen LogP contribution in [0.5, 0.6) is 0 Å². The van der Waals surface area contributed by atoms with Gasteiger partial charge in [0.25, 0.3) is 0 Å². The van der Waals surface area contributed by atoms with E-state index in [4.69, 9.17) is 17.3 Å². The summed E-state index contributed by atoms with van der Waals surface area (Å²) in [6.45, 7) is 4.14. The zero-order chi connectivity index (χ0) is 20.8. The fourth-order valence-corrected chi connectivity index (χ4v) is 3.33. The Morgan fingerprint density at radius 3 is 2.33 bits per heavy atom. The van der Waals surface area contributed by atoms with Gasteiger partial charge in [0.1, 0.15) is 0 Å². The molecule has 0 amide bonds. The van der Waals surface area contributed by atoms with Gasteiger partial charge in [-0.25, -0.2) is 4.68 Å². The van der Waals surface area contributed by atoms with Gasteiger partial charge >= 0.3 is 0 Å². The Hall–Kier alpha value is -3.45. The van der Waals surface area contributed by atoms with Crippen molar-refractivity contribution in [3.8, 4) is 16.9 Å². The summed E-state index contributed by atoms with van der Waals surface area (Å²) in [6, 6.07) is 20.3. The lowest BCUT2D eigenvalue weighted by molar-refractivity contribution is 0.659. The van der Waals surface area contributed by atoms with E-state index in [1.165, 1.54) is 0 Å². The Labute approximate surface area is 181 Å². The minimum atomic E-state index is 0.580. The molecule has 7 heteroatoms. The number of hydrogen-bond donors (Lipinski definition) is 2. The van der Waals surface area contributed by atoms with Crippen molar-refractivity contribution in [3.63, 3.8) is 0 Å². The molecule has 2 N–H and O–H groups in total.